The maximum Gasteiger partial charge on any atom is 0.193 e. The first-order valence-electron chi connectivity index (χ1n) is 8.32. The van der Waals surface area contributed by atoms with Crippen LogP contribution in [0, 0.1) is 12.8 Å². The average molecular weight is 430 g/mol. The van der Waals surface area contributed by atoms with E-state index in [1.165, 1.54) is 30.6 Å². The van der Waals surface area contributed by atoms with Gasteiger partial charge in [0, 0.05) is 33.2 Å². The monoisotopic (exact) mass is 430 g/mol. The number of likely N-dealkylation sites (tertiary alicyclic amines) is 1. The van der Waals surface area contributed by atoms with E-state index in [9.17, 15) is 0 Å². The van der Waals surface area contributed by atoms with Crippen LogP contribution in [0.5, 0.6) is 0 Å². The molecule has 1 saturated heterocycles. The molecule has 23 heavy (non-hydrogen) atoms. The van der Waals surface area contributed by atoms with Gasteiger partial charge in [-0.15, -0.1) is 24.0 Å². The number of halogens is 1. The first kappa shape index (κ1) is 20.2. The van der Waals surface area contributed by atoms with Crippen LogP contribution in [0.2, 0.25) is 0 Å². The van der Waals surface area contributed by atoms with Crippen LogP contribution < -0.4 is 5.32 Å². The Morgan fingerprint density at radius 1 is 1.35 bits per heavy atom. The number of aliphatic imine (C=N–C) groups is 1. The molecule has 1 aromatic rings. The molecule has 1 unspecified atom stereocenters. The van der Waals surface area contributed by atoms with Crippen LogP contribution >= 0.6 is 24.0 Å². The van der Waals surface area contributed by atoms with Gasteiger partial charge in [-0.25, -0.2) is 0 Å². The van der Waals surface area contributed by atoms with Crippen molar-refractivity contribution in [2.24, 2.45) is 10.9 Å². The van der Waals surface area contributed by atoms with E-state index in [1.54, 1.807) is 0 Å². The maximum absolute atomic E-state index is 4.85. The highest BCUT2D eigenvalue weighted by Gasteiger charge is 2.19. The lowest BCUT2D eigenvalue weighted by molar-refractivity contribution is 0.396. The second kappa shape index (κ2) is 10.1. The zero-order valence-corrected chi connectivity index (χ0v) is 17.2. The predicted molar refractivity (Wildman–Crippen MR) is 110 cm³/mol. The summed E-state index contributed by atoms with van der Waals surface area (Å²) < 4.78 is 0. The topological polar surface area (TPSA) is 30.9 Å². The quantitative estimate of drug-likeness (QED) is 0.443. The fraction of sp³-hybridized carbons (Fsp3) is 0.611. The molecule has 5 heteroatoms. The molecular weight excluding hydrogens is 399 g/mol. The smallest absolute Gasteiger partial charge is 0.193 e. The van der Waals surface area contributed by atoms with Gasteiger partial charge in [0.15, 0.2) is 5.96 Å². The second-order valence-corrected chi connectivity index (χ2v) is 6.45. The zero-order chi connectivity index (χ0) is 15.9. The highest BCUT2D eigenvalue weighted by atomic mass is 127. The average Bonchev–Trinajstić information content (AvgIpc) is 2.91. The van der Waals surface area contributed by atoms with Gasteiger partial charge in [-0.2, -0.15) is 0 Å². The van der Waals surface area contributed by atoms with Gasteiger partial charge in [0.05, 0.1) is 0 Å². The summed E-state index contributed by atoms with van der Waals surface area (Å²) in [7, 11) is 4.31. The Bertz CT molecular complexity index is 486. The number of rotatable bonds is 5. The van der Waals surface area contributed by atoms with Gasteiger partial charge in [-0.1, -0.05) is 29.8 Å². The lowest BCUT2D eigenvalue weighted by Gasteiger charge is -2.23. The molecule has 1 atom stereocenters. The summed E-state index contributed by atoms with van der Waals surface area (Å²) in [5.41, 5.74) is 2.62. The van der Waals surface area contributed by atoms with Gasteiger partial charge >= 0.3 is 0 Å². The largest absolute Gasteiger partial charge is 0.357 e. The van der Waals surface area contributed by atoms with Crippen molar-refractivity contribution in [3.8, 4) is 0 Å². The summed E-state index contributed by atoms with van der Waals surface area (Å²) in [5.74, 6) is 1.71. The Morgan fingerprint density at radius 3 is 2.61 bits per heavy atom. The number of aryl methyl sites for hydroxylation is 1. The summed E-state index contributed by atoms with van der Waals surface area (Å²) in [6.45, 7) is 9.33. The van der Waals surface area contributed by atoms with Crippen LogP contribution in [0.25, 0.3) is 0 Å². The number of nitrogens with zero attached hydrogens (tertiary/aromatic N) is 3. The standard InChI is InChI=1S/C18H30N4.HI/c1-5-19-18(20-12-17-10-11-21(3)13-17)22(4)14-16-8-6-15(2)7-9-16;/h6-9,17H,5,10-14H2,1-4H3,(H,19,20);1H. The fourth-order valence-electron chi connectivity index (χ4n) is 2.90. The molecule has 0 radical (unpaired) electrons. The molecule has 1 fully saturated rings. The van der Waals surface area contributed by atoms with Gasteiger partial charge in [0.2, 0.25) is 0 Å². The first-order valence-corrected chi connectivity index (χ1v) is 8.32. The van der Waals surface area contributed by atoms with E-state index >= 15 is 0 Å². The van der Waals surface area contributed by atoms with E-state index in [-0.39, 0.29) is 24.0 Å². The SMILES string of the molecule is CCNC(=NCC1CCN(C)C1)N(C)Cc1ccc(C)cc1.I. The van der Waals surface area contributed by atoms with Crippen molar-refractivity contribution in [1.29, 1.82) is 0 Å². The van der Waals surface area contributed by atoms with E-state index in [0.717, 1.165) is 25.6 Å². The summed E-state index contributed by atoms with van der Waals surface area (Å²) in [4.78, 5) is 9.46. The zero-order valence-electron chi connectivity index (χ0n) is 14.9. The van der Waals surface area contributed by atoms with Crippen LogP contribution in [0.3, 0.4) is 0 Å². The Labute approximate surface area is 158 Å². The first-order chi connectivity index (χ1) is 10.6. The van der Waals surface area contributed by atoms with Crippen molar-refractivity contribution in [3.05, 3.63) is 35.4 Å². The predicted octanol–water partition coefficient (Wildman–Crippen LogP) is 2.96. The molecule has 0 bridgehead atoms. The lowest BCUT2D eigenvalue weighted by Crippen LogP contribution is -2.38. The minimum absolute atomic E-state index is 0. The van der Waals surface area contributed by atoms with Crippen LogP contribution in [-0.2, 0) is 6.54 Å². The third-order valence-electron chi connectivity index (χ3n) is 4.23. The number of hydrogen-bond acceptors (Lipinski definition) is 2. The molecule has 0 aliphatic carbocycles. The highest BCUT2D eigenvalue weighted by molar-refractivity contribution is 14.0. The third-order valence-corrected chi connectivity index (χ3v) is 4.23. The molecule has 0 spiro atoms. The van der Waals surface area contributed by atoms with Crippen molar-refractivity contribution < 1.29 is 0 Å². The lowest BCUT2D eigenvalue weighted by atomic mass is 10.1. The van der Waals surface area contributed by atoms with E-state index in [2.05, 4.69) is 67.3 Å². The molecule has 0 amide bonds. The molecule has 130 valence electrons. The van der Waals surface area contributed by atoms with E-state index < -0.39 is 0 Å². The maximum atomic E-state index is 4.85. The van der Waals surface area contributed by atoms with Crippen LogP contribution in [0.4, 0.5) is 0 Å². The Hall–Kier alpha value is -0.820. The highest BCUT2D eigenvalue weighted by Crippen LogP contribution is 2.14. The van der Waals surface area contributed by atoms with E-state index in [0.29, 0.717) is 5.92 Å². The molecule has 1 heterocycles. The molecule has 0 aromatic heterocycles. The molecule has 1 N–H and O–H groups in total. The van der Waals surface area contributed by atoms with Gasteiger partial charge in [-0.05, 0) is 45.3 Å². The molecule has 4 nitrogen and oxygen atoms in total. The second-order valence-electron chi connectivity index (χ2n) is 6.45. The van der Waals surface area contributed by atoms with Crippen molar-refractivity contribution in [1.82, 2.24) is 15.1 Å². The van der Waals surface area contributed by atoms with Crippen LogP contribution in [0.1, 0.15) is 24.5 Å². The summed E-state index contributed by atoms with van der Waals surface area (Å²) in [6, 6.07) is 8.73. The van der Waals surface area contributed by atoms with Crippen LogP contribution in [0.15, 0.2) is 29.3 Å². The molecule has 1 aliphatic rings. The van der Waals surface area contributed by atoms with E-state index in [1.807, 2.05) is 0 Å². The molecule has 1 aromatic carbocycles. The molecular formula is C18H31IN4. The van der Waals surface area contributed by atoms with Crippen molar-refractivity contribution >= 4 is 29.9 Å². The van der Waals surface area contributed by atoms with Gasteiger partial charge in [0.1, 0.15) is 0 Å². The van der Waals surface area contributed by atoms with Gasteiger partial charge in [0.25, 0.3) is 0 Å². The van der Waals surface area contributed by atoms with Crippen molar-refractivity contribution in [3.63, 3.8) is 0 Å². The summed E-state index contributed by atoms with van der Waals surface area (Å²) in [5, 5.41) is 3.41. The van der Waals surface area contributed by atoms with Gasteiger partial charge < -0.3 is 15.1 Å². The number of benzene rings is 1. The normalized spacial score (nSPS) is 18.6. The van der Waals surface area contributed by atoms with E-state index in [4.69, 9.17) is 4.99 Å². The number of nitrogens with one attached hydrogen (secondary N) is 1. The Balaban J connectivity index is 0.00000264. The molecule has 0 saturated carbocycles. The summed E-state index contributed by atoms with van der Waals surface area (Å²) >= 11 is 0. The van der Waals surface area contributed by atoms with Crippen LogP contribution in [-0.4, -0.2) is 56.0 Å². The van der Waals surface area contributed by atoms with Crippen molar-refractivity contribution in [2.75, 3.05) is 40.3 Å². The third kappa shape index (κ3) is 6.67. The Kier molecular flexibility index (Phi) is 8.91. The Morgan fingerprint density at radius 2 is 2.04 bits per heavy atom. The number of guanidine groups is 1. The van der Waals surface area contributed by atoms with Gasteiger partial charge in [-0.3, -0.25) is 4.99 Å². The molecule has 2 rings (SSSR count). The molecule has 1 aliphatic heterocycles. The number of hydrogen-bond donors (Lipinski definition) is 1. The minimum atomic E-state index is 0. The minimum Gasteiger partial charge on any atom is -0.357 e. The summed E-state index contributed by atoms with van der Waals surface area (Å²) in [6.07, 6.45) is 1.26. The van der Waals surface area contributed by atoms with Crippen molar-refractivity contribution in [2.45, 2.75) is 26.8 Å². The fourth-order valence-corrected chi connectivity index (χ4v) is 2.90.